The van der Waals surface area contributed by atoms with Crippen LogP contribution in [-0.2, 0) is 5.75 Å². The van der Waals surface area contributed by atoms with Crippen LogP contribution in [0.3, 0.4) is 0 Å². The Morgan fingerprint density at radius 3 is 3.15 bits per heavy atom. The zero-order chi connectivity index (χ0) is 9.26. The van der Waals surface area contributed by atoms with Gasteiger partial charge >= 0.3 is 0 Å². The number of aliphatic hydroxyl groups excluding tert-OH is 1. The fraction of sp³-hybridized carbons (Fsp3) is 0.400. The Hall–Kier alpha value is -0.670. The van der Waals surface area contributed by atoms with Crippen molar-refractivity contribution in [2.75, 3.05) is 12.9 Å². The van der Waals surface area contributed by atoms with E-state index in [2.05, 4.69) is 0 Å². The molecule has 0 aromatic heterocycles. The first-order valence-electron chi connectivity index (χ1n) is 4.24. The molecule has 0 aliphatic carbocycles. The third-order valence-electron chi connectivity index (χ3n) is 2.27. The highest BCUT2D eigenvalue weighted by Crippen LogP contribution is 2.36. The minimum absolute atomic E-state index is 0.330. The van der Waals surface area contributed by atoms with Gasteiger partial charge in [0.15, 0.2) is 0 Å². The fourth-order valence-electron chi connectivity index (χ4n) is 1.60. The standard InChI is InChI=1S/C10H12O2S/c1-12-10-4-2-3-7-8(10)5-13-6-9(7)11/h2-4,9,11H,5-6H2,1H3. The van der Waals surface area contributed by atoms with Gasteiger partial charge in [-0.2, -0.15) is 11.8 Å². The highest BCUT2D eigenvalue weighted by Gasteiger charge is 2.20. The molecular weight excluding hydrogens is 184 g/mol. The summed E-state index contributed by atoms with van der Waals surface area (Å²) >= 11 is 1.75. The van der Waals surface area contributed by atoms with Crippen LogP contribution in [0.25, 0.3) is 0 Å². The molecule has 1 aliphatic rings. The van der Waals surface area contributed by atoms with Crippen molar-refractivity contribution in [3.63, 3.8) is 0 Å². The summed E-state index contributed by atoms with van der Waals surface area (Å²) in [5.41, 5.74) is 2.17. The highest BCUT2D eigenvalue weighted by atomic mass is 32.2. The number of fused-ring (bicyclic) bond motifs is 1. The van der Waals surface area contributed by atoms with E-state index in [9.17, 15) is 5.11 Å². The van der Waals surface area contributed by atoms with Crippen molar-refractivity contribution in [1.82, 2.24) is 0 Å². The van der Waals surface area contributed by atoms with E-state index in [-0.39, 0.29) is 6.10 Å². The van der Waals surface area contributed by atoms with Gasteiger partial charge in [-0.05, 0) is 11.6 Å². The zero-order valence-electron chi connectivity index (χ0n) is 7.49. The molecule has 2 rings (SSSR count). The van der Waals surface area contributed by atoms with Crippen LogP contribution in [0.1, 0.15) is 17.2 Å². The molecule has 1 unspecified atom stereocenters. The fourth-order valence-corrected chi connectivity index (χ4v) is 2.64. The second-order valence-electron chi connectivity index (χ2n) is 3.06. The Kier molecular flexibility index (Phi) is 2.47. The maximum absolute atomic E-state index is 9.70. The Bertz CT molecular complexity index is 312. The maximum atomic E-state index is 9.70. The normalized spacial score (nSPS) is 20.9. The van der Waals surface area contributed by atoms with Crippen LogP contribution >= 0.6 is 11.8 Å². The number of hydrogen-bond acceptors (Lipinski definition) is 3. The highest BCUT2D eigenvalue weighted by molar-refractivity contribution is 7.98. The molecule has 1 heterocycles. The van der Waals surface area contributed by atoms with Gasteiger partial charge < -0.3 is 9.84 Å². The average Bonchev–Trinajstić information content (AvgIpc) is 2.18. The number of hydrogen-bond donors (Lipinski definition) is 1. The molecule has 2 nitrogen and oxygen atoms in total. The van der Waals surface area contributed by atoms with Crippen molar-refractivity contribution in [2.24, 2.45) is 0 Å². The minimum Gasteiger partial charge on any atom is -0.496 e. The lowest BCUT2D eigenvalue weighted by Crippen LogP contribution is -2.10. The van der Waals surface area contributed by atoms with E-state index in [4.69, 9.17) is 4.74 Å². The number of methoxy groups -OCH3 is 1. The van der Waals surface area contributed by atoms with Crippen LogP contribution in [0.5, 0.6) is 5.75 Å². The SMILES string of the molecule is COc1cccc2c1CSCC2O. The summed E-state index contributed by atoms with van der Waals surface area (Å²) in [5, 5.41) is 9.70. The molecule has 0 bridgehead atoms. The first-order valence-corrected chi connectivity index (χ1v) is 5.40. The van der Waals surface area contributed by atoms with E-state index in [0.717, 1.165) is 28.4 Å². The molecule has 0 spiro atoms. The van der Waals surface area contributed by atoms with Gasteiger partial charge in [0.1, 0.15) is 5.75 Å². The van der Waals surface area contributed by atoms with Gasteiger partial charge in [-0.3, -0.25) is 0 Å². The van der Waals surface area contributed by atoms with E-state index >= 15 is 0 Å². The first kappa shape index (κ1) is 8.91. The van der Waals surface area contributed by atoms with Gasteiger partial charge in [0.2, 0.25) is 0 Å². The van der Waals surface area contributed by atoms with Gasteiger partial charge in [0.25, 0.3) is 0 Å². The molecule has 1 atom stereocenters. The zero-order valence-corrected chi connectivity index (χ0v) is 8.30. The van der Waals surface area contributed by atoms with Crippen LogP contribution in [0.15, 0.2) is 18.2 Å². The summed E-state index contributed by atoms with van der Waals surface area (Å²) in [4.78, 5) is 0. The Labute approximate surface area is 81.9 Å². The third kappa shape index (κ3) is 1.54. The molecule has 1 aromatic rings. The van der Waals surface area contributed by atoms with Gasteiger partial charge in [-0.25, -0.2) is 0 Å². The van der Waals surface area contributed by atoms with Gasteiger partial charge in [0.05, 0.1) is 13.2 Å². The molecule has 0 fully saturated rings. The first-order chi connectivity index (χ1) is 6.33. The topological polar surface area (TPSA) is 29.5 Å². The molecule has 0 radical (unpaired) electrons. The van der Waals surface area contributed by atoms with Crippen LogP contribution in [0, 0.1) is 0 Å². The predicted molar refractivity (Wildman–Crippen MR) is 54.1 cm³/mol. The molecule has 1 aliphatic heterocycles. The third-order valence-corrected chi connectivity index (χ3v) is 3.31. The smallest absolute Gasteiger partial charge is 0.123 e. The lowest BCUT2D eigenvalue weighted by atomic mass is 10.0. The van der Waals surface area contributed by atoms with E-state index in [1.54, 1.807) is 18.9 Å². The summed E-state index contributed by atoms with van der Waals surface area (Å²) in [7, 11) is 1.67. The molecule has 13 heavy (non-hydrogen) atoms. The predicted octanol–water partition coefficient (Wildman–Crippen LogP) is 1.98. The van der Waals surface area contributed by atoms with Crippen molar-refractivity contribution in [3.05, 3.63) is 29.3 Å². The molecule has 1 N–H and O–H groups in total. The van der Waals surface area contributed by atoms with Crippen molar-refractivity contribution < 1.29 is 9.84 Å². The van der Waals surface area contributed by atoms with Crippen molar-refractivity contribution in [2.45, 2.75) is 11.9 Å². The summed E-state index contributed by atoms with van der Waals surface area (Å²) in [5.74, 6) is 2.63. The van der Waals surface area contributed by atoms with Gasteiger partial charge in [0, 0.05) is 17.1 Å². The number of ether oxygens (including phenoxy) is 1. The molecular formula is C10H12O2S. The largest absolute Gasteiger partial charge is 0.496 e. The number of rotatable bonds is 1. The Morgan fingerprint density at radius 2 is 2.38 bits per heavy atom. The van der Waals surface area contributed by atoms with Crippen LogP contribution < -0.4 is 4.74 Å². The number of benzene rings is 1. The van der Waals surface area contributed by atoms with Crippen molar-refractivity contribution >= 4 is 11.8 Å². The quantitative estimate of drug-likeness (QED) is 0.744. The Balaban J connectivity index is 2.48. The van der Waals surface area contributed by atoms with Crippen molar-refractivity contribution in [3.8, 4) is 5.75 Å². The average molecular weight is 196 g/mol. The number of thioether (sulfide) groups is 1. The molecule has 3 heteroatoms. The summed E-state index contributed by atoms with van der Waals surface area (Å²) in [6.07, 6.45) is -0.330. The molecule has 0 saturated carbocycles. The summed E-state index contributed by atoms with van der Waals surface area (Å²) in [6.45, 7) is 0. The monoisotopic (exact) mass is 196 g/mol. The Morgan fingerprint density at radius 1 is 1.54 bits per heavy atom. The van der Waals surface area contributed by atoms with E-state index in [1.165, 1.54) is 0 Å². The van der Waals surface area contributed by atoms with Crippen LogP contribution in [0.2, 0.25) is 0 Å². The van der Waals surface area contributed by atoms with Crippen LogP contribution in [-0.4, -0.2) is 18.0 Å². The maximum Gasteiger partial charge on any atom is 0.123 e. The molecule has 70 valence electrons. The molecule has 0 amide bonds. The van der Waals surface area contributed by atoms with E-state index in [0.29, 0.717) is 0 Å². The van der Waals surface area contributed by atoms with E-state index < -0.39 is 0 Å². The minimum atomic E-state index is -0.330. The lowest BCUT2D eigenvalue weighted by Gasteiger charge is -2.22. The van der Waals surface area contributed by atoms with Crippen LogP contribution in [0.4, 0.5) is 0 Å². The second kappa shape index (κ2) is 3.60. The van der Waals surface area contributed by atoms with Crippen molar-refractivity contribution in [1.29, 1.82) is 0 Å². The van der Waals surface area contributed by atoms with Gasteiger partial charge in [-0.15, -0.1) is 0 Å². The van der Waals surface area contributed by atoms with Gasteiger partial charge in [-0.1, -0.05) is 12.1 Å². The van der Waals surface area contributed by atoms with E-state index in [1.807, 2.05) is 18.2 Å². The summed E-state index contributed by atoms with van der Waals surface area (Å²) in [6, 6.07) is 5.84. The summed E-state index contributed by atoms with van der Waals surface area (Å²) < 4.78 is 5.24. The lowest BCUT2D eigenvalue weighted by molar-refractivity contribution is 0.201. The molecule has 1 aromatic carbocycles. The molecule has 0 saturated heterocycles. The second-order valence-corrected chi connectivity index (χ2v) is 4.09. The number of aliphatic hydroxyl groups is 1.